The molecule has 0 fully saturated rings. The molecule has 1 aromatic rings. The monoisotopic (exact) mass is 179 g/mol. The van der Waals surface area contributed by atoms with Crippen molar-refractivity contribution in [1.82, 2.24) is 9.97 Å². The smallest absolute Gasteiger partial charge is 0.224 e. The van der Waals surface area contributed by atoms with E-state index in [1.54, 1.807) is 24.5 Å². The van der Waals surface area contributed by atoms with E-state index in [9.17, 15) is 0 Å². The van der Waals surface area contributed by atoms with Gasteiger partial charge in [0.25, 0.3) is 0 Å². The van der Waals surface area contributed by atoms with Crippen molar-refractivity contribution in [2.75, 3.05) is 25.6 Å². The van der Waals surface area contributed by atoms with Gasteiger partial charge in [0, 0.05) is 32.1 Å². The van der Waals surface area contributed by atoms with Gasteiger partial charge in [0.05, 0.1) is 6.61 Å². The number of anilines is 1. The van der Waals surface area contributed by atoms with Crippen LogP contribution in [0, 0.1) is 0 Å². The SMILES string of the molecule is CN(C)c1ncc(C=CCO)cn1. The lowest BCUT2D eigenvalue weighted by Gasteiger charge is -2.08. The number of rotatable bonds is 3. The van der Waals surface area contributed by atoms with Crippen LogP contribution in [0.5, 0.6) is 0 Å². The highest BCUT2D eigenvalue weighted by Gasteiger charge is 1.96. The molecule has 1 heterocycles. The fourth-order valence-electron chi connectivity index (χ4n) is 0.837. The normalized spacial score (nSPS) is 10.7. The molecule has 1 N–H and O–H groups in total. The first-order valence-electron chi connectivity index (χ1n) is 4.01. The molecule has 0 saturated heterocycles. The van der Waals surface area contributed by atoms with Crippen LogP contribution in [0.25, 0.3) is 6.08 Å². The Morgan fingerprint density at radius 1 is 1.38 bits per heavy atom. The van der Waals surface area contributed by atoms with Gasteiger partial charge in [-0.25, -0.2) is 9.97 Å². The van der Waals surface area contributed by atoms with Crippen molar-refractivity contribution in [3.63, 3.8) is 0 Å². The van der Waals surface area contributed by atoms with E-state index >= 15 is 0 Å². The molecule has 13 heavy (non-hydrogen) atoms. The number of aliphatic hydroxyl groups excluding tert-OH is 1. The Bertz CT molecular complexity index is 279. The third-order valence-corrected chi connectivity index (χ3v) is 1.47. The van der Waals surface area contributed by atoms with E-state index in [2.05, 4.69) is 9.97 Å². The second-order valence-electron chi connectivity index (χ2n) is 2.80. The van der Waals surface area contributed by atoms with Crippen LogP contribution in [0.4, 0.5) is 5.95 Å². The van der Waals surface area contributed by atoms with Crippen LogP contribution in [-0.4, -0.2) is 35.8 Å². The Balaban J connectivity index is 2.75. The maximum Gasteiger partial charge on any atom is 0.224 e. The molecule has 0 spiro atoms. The van der Waals surface area contributed by atoms with Crippen molar-refractivity contribution >= 4 is 12.0 Å². The molecule has 0 saturated carbocycles. The van der Waals surface area contributed by atoms with Crippen molar-refractivity contribution in [2.45, 2.75) is 0 Å². The average Bonchev–Trinajstić information content (AvgIpc) is 2.15. The maximum absolute atomic E-state index is 8.53. The van der Waals surface area contributed by atoms with Crippen LogP contribution < -0.4 is 4.90 Å². The summed E-state index contributed by atoms with van der Waals surface area (Å²) in [7, 11) is 3.77. The molecular weight excluding hydrogens is 166 g/mol. The molecule has 0 atom stereocenters. The number of hydrogen-bond donors (Lipinski definition) is 1. The molecule has 0 unspecified atom stereocenters. The molecule has 0 aliphatic rings. The van der Waals surface area contributed by atoms with Gasteiger partial charge in [-0.2, -0.15) is 0 Å². The molecule has 1 aromatic heterocycles. The summed E-state index contributed by atoms with van der Waals surface area (Å²) in [6.45, 7) is 0.0371. The van der Waals surface area contributed by atoms with Gasteiger partial charge in [0.1, 0.15) is 0 Å². The second-order valence-corrected chi connectivity index (χ2v) is 2.80. The summed E-state index contributed by atoms with van der Waals surface area (Å²) in [6, 6.07) is 0. The van der Waals surface area contributed by atoms with Crippen LogP contribution in [0.3, 0.4) is 0 Å². The minimum Gasteiger partial charge on any atom is -0.392 e. The van der Waals surface area contributed by atoms with E-state index in [1.807, 2.05) is 19.0 Å². The first-order chi connectivity index (χ1) is 6.24. The highest BCUT2D eigenvalue weighted by atomic mass is 16.2. The summed E-state index contributed by atoms with van der Waals surface area (Å²) in [4.78, 5) is 10.1. The van der Waals surface area contributed by atoms with E-state index in [0.29, 0.717) is 5.95 Å². The number of aliphatic hydroxyl groups is 1. The summed E-state index contributed by atoms with van der Waals surface area (Å²) in [5, 5.41) is 8.53. The number of nitrogens with zero attached hydrogens (tertiary/aromatic N) is 3. The molecule has 0 radical (unpaired) electrons. The Labute approximate surface area is 77.6 Å². The lowest BCUT2D eigenvalue weighted by atomic mass is 10.3. The van der Waals surface area contributed by atoms with Crippen LogP contribution in [0.1, 0.15) is 5.56 Å². The van der Waals surface area contributed by atoms with E-state index in [-0.39, 0.29) is 6.61 Å². The summed E-state index contributed by atoms with van der Waals surface area (Å²) in [6.07, 6.45) is 6.86. The van der Waals surface area contributed by atoms with Crippen LogP contribution in [0.2, 0.25) is 0 Å². The van der Waals surface area contributed by atoms with Gasteiger partial charge in [-0.1, -0.05) is 12.2 Å². The predicted octanol–water partition coefficient (Wildman–Crippen LogP) is 0.548. The molecule has 4 nitrogen and oxygen atoms in total. The molecule has 0 bridgehead atoms. The van der Waals surface area contributed by atoms with E-state index in [4.69, 9.17) is 5.11 Å². The molecule has 0 aliphatic heterocycles. The molecule has 0 aromatic carbocycles. The Hall–Kier alpha value is -1.42. The van der Waals surface area contributed by atoms with E-state index in [1.165, 1.54) is 0 Å². The Morgan fingerprint density at radius 3 is 2.46 bits per heavy atom. The van der Waals surface area contributed by atoms with E-state index < -0.39 is 0 Å². The van der Waals surface area contributed by atoms with Crippen LogP contribution >= 0.6 is 0 Å². The van der Waals surface area contributed by atoms with Crippen LogP contribution in [-0.2, 0) is 0 Å². The molecule has 70 valence electrons. The molecule has 1 rings (SSSR count). The van der Waals surface area contributed by atoms with Crippen molar-refractivity contribution < 1.29 is 5.11 Å². The van der Waals surface area contributed by atoms with Gasteiger partial charge in [-0.05, 0) is 0 Å². The summed E-state index contributed by atoms with van der Waals surface area (Å²) in [5.74, 6) is 0.682. The van der Waals surface area contributed by atoms with Gasteiger partial charge in [0.2, 0.25) is 5.95 Å². The van der Waals surface area contributed by atoms with Crippen LogP contribution in [0.15, 0.2) is 18.5 Å². The van der Waals surface area contributed by atoms with Gasteiger partial charge in [-0.15, -0.1) is 0 Å². The lowest BCUT2D eigenvalue weighted by molar-refractivity contribution is 0.343. The lowest BCUT2D eigenvalue weighted by Crippen LogP contribution is -2.12. The molecule has 4 heteroatoms. The fraction of sp³-hybridized carbons (Fsp3) is 0.333. The van der Waals surface area contributed by atoms with Gasteiger partial charge in [-0.3, -0.25) is 0 Å². The quantitative estimate of drug-likeness (QED) is 0.736. The van der Waals surface area contributed by atoms with Gasteiger partial charge in [0.15, 0.2) is 0 Å². The summed E-state index contributed by atoms with van der Waals surface area (Å²) < 4.78 is 0. The fourth-order valence-corrected chi connectivity index (χ4v) is 0.837. The largest absolute Gasteiger partial charge is 0.392 e. The average molecular weight is 179 g/mol. The summed E-state index contributed by atoms with van der Waals surface area (Å²) in [5.41, 5.74) is 0.889. The number of aromatic nitrogens is 2. The van der Waals surface area contributed by atoms with Crippen molar-refractivity contribution in [3.8, 4) is 0 Å². The van der Waals surface area contributed by atoms with Crippen molar-refractivity contribution in [1.29, 1.82) is 0 Å². The predicted molar refractivity (Wildman–Crippen MR) is 52.5 cm³/mol. The Morgan fingerprint density at radius 2 is 2.00 bits per heavy atom. The first kappa shape index (κ1) is 9.67. The second kappa shape index (κ2) is 4.57. The third-order valence-electron chi connectivity index (χ3n) is 1.47. The van der Waals surface area contributed by atoms with Gasteiger partial charge < -0.3 is 10.0 Å². The molecule has 0 amide bonds. The molecule has 0 aliphatic carbocycles. The first-order valence-corrected chi connectivity index (χ1v) is 4.01. The van der Waals surface area contributed by atoms with Crippen molar-refractivity contribution in [3.05, 3.63) is 24.0 Å². The van der Waals surface area contributed by atoms with Crippen molar-refractivity contribution in [2.24, 2.45) is 0 Å². The zero-order chi connectivity index (χ0) is 9.68. The minimum atomic E-state index is 0.0371. The zero-order valence-electron chi connectivity index (χ0n) is 7.81. The molecular formula is C9H13N3O. The topological polar surface area (TPSA) is 49.2 Å². The zero-order valence-corrected chi connectivity index (χ0v) is 7.81. The van der Waals surface area contributed by atoms with E-state index in [0.717, 1.165) is 5.56 Å². The third kappa shape index (κ3) is 2.83. The minimum absolute atomic E-state index is 0.0371. The highest BCUT2D eigenvalue weighted by Crippen LogP contribution is 2.03. The summed E-state index contributed by atoms with van der Waals surface area (Å²) >= 11 is 0. The van der Waals surface area contributed by atoms with Gasteiger partial charge >= 0.3 is 0 Å². The Kier molecular flexibility index (Phi) is 3.40. The standard InChI is InChI=1S/C9H13N3O/c1-12(2)9-10-6-8(7-11-9)4-3-5-13/h3-4,6-7,13H,5H2,1-2H3. The maximum atomic E-state index is 8.53. The number of hydrogen-bond acceptors (Lipinski definition) is 4. The highest BCUT2D eigenvalue weighted by molar-refractivity contribution is 5.47.